The first kappa shape index (κ1) is 26.3. The lowest BCUT2D eigenvalue weighted by Crippen LogP contribution is -2.29. The van der Waals surface area contributed by atoms with Crippen molar-refractivity contribution >= 4 is 42.7 Å². The highest BCUT2D eigenvalue weighted by molar-refractivity contribution is 7.79. The lowest BCUT2D eigenvalue weighted by molar-refractivity contribution is 0.345. The van der Waals surface area contributed by atoms with E-state index in [9.17, 15) is 0 Å². The Kier molecular flexibility index (Phi) is 8.51. The maximum atomic E-state index is 6.79. The van der Waals surface area contributed by atoms with Gasteiger partial charge in [0.1, 0.15) is 5.69 Å². The Morgan fingerprint density at radius 1 is 0.525 bits per heavy atom. The Morgan fingerprint density at radius 2 is 0.950 bits per heavy atom. The molecule has 0 bridgehead atoms. The minimum absolute atomic E-state index is 0.373. The van der Waals surface area contributed by atoms with Crippen LogP contribution in [0.1, 0.15) is 11.3 Å². The summed E-state index contributed by atoms with van der Waals surface area (Å²) in [6.07, 6.45) is 0. The van der Waals surface area contributed by atoms with Gasteiger partial charge in [0.15, 0.2) is 0 Å². The molecule has 6 heteroatoms. The average Bonchev–Trinajstić information content (AvgIpc) is 3.41. The van der Waals surface area contributed by atoms with Crippen LogP contribution in [0.2, 0.25) is 0 Å². The van der Waals surface area contributed by atoms with E-state index in [1.165, 1.54) is 26.8 Å². The molecule has 0 saturated carbocycles. The second-order valence-corrected chi connectivity index (χ2v) is 13.3. The molecule has 1 aromatic heterocycles. The Morgan fingerprint density at radius 3 is 1.43 bits per heavy atom. The van der Waals surface area contributed by atoms with E-state index in [1.807, 2.05) is 18.2 Å². The minimum atomic E-state index is -1.02. The third-order valence-electron chi connectivity index (χ3n) is 6.50. The predicted octanol–water partition coefficient (Wildman–Crippen LogP) is 5.65. The van der Waals surface area contributed by atoms with Crippen LogP contribution in [-0.2, 0) is 17.7 Å². The summed E-state index contributed by atoms with van der Waals surface area (Å²) in [7, 11) is -1.94. The molecule has 0 atom stereocenters. The van der Waals surface area contributed by atoms with Crippen molar-refractivity contribution in [1.82, 2.24) is 15.0 Å². The Bertz CT molecular complexity index is 1530. The van der Waals surface area contributed by atoms with Gasteiger partial charge in [0.25, 0.3) is 0 Å². The van der Waals surface area contributed by atoms with Crippen LogP contribution in [0.5, 0.6) is 0 Å². The van der Waals surface area contributed by atoms with Gasteiger partial charge in [0.2, 0.25) is 0 Å². The minimum Gasteiger partial charge on any atom is -0.343 e. The molecule has 4 nitrogen and oxygen atoms in total. The first-order chi connectivity index (χ1) is 19.9. The Labute approximate surface area is 237 Å². The second kappa shape index (κ2) is 12.9. The summed E-state index contributed by atoms with van der Waals surface area (Å²) in [4.78, 5) is 0. The van der Waals surface area contributed by atoms with E-state index in [0.717, 1.165) is 11.1 Å². The summed E-state index contributed by atoms with van der Waals surface area (Å²) in [6, 6.07) is 52.8. The van der Waals surface area contributed by atoms with Crippen molar-refractivity contribution in [3.8, 4) is 0 Å². The zero-order valence-corrected chi connectivity index (χ0v) is 23.8. The molecular weight excluding hydrogens is 528 g/mol. The van der Waals surface area contributed by atoms with Crippen molar-refractivity contribution in [2.24, 2.45) is 0 Å². The topological polar surface area (TPSA) is 39.9 Å². The zero-order valence-electron chi connectivity index (χ0n) is 22.0. The van der Waals surface area contributed by atoms with E-state index < -0.39 is 16.1 Å². The normalized spacial score (nSPS) is 11.2. The number of nitrogens with zero attached hydrogens (tertiary/aromatic N) is 3. The fourth-order valence-corrected chi connectivity index (χ4v) is 8.81. The molecule has 6 aromatic rings. The summed E-state index contributed by atoms with van der Waals surface area (Å²) in [5.74, 6) is 0. The second-order valence-electron chi connectivity index (χ2n) is 9.25. The van der Waals surface area contributed by atoms with Crippen molar-refractivity contribution in [3.63, 3.8) is 0 Å². The molecule has 0 spiro atoms. The average molecular weight is 558 g/mol. The lowest BCUT2D eigenvalue weighted by Gasteiger charge is -2.22. The van der Waals surface area contributed by atoms with Crippen LogP contribution in [-0.4, -0.2) is 15.0 Å². The SMILES string of the molecule is c1ccc(Cn2nnc(COP(c3ccccc3)c3ccccc3)c2P(c2ccccc2)c2ccccc2)cc1. The highest BCUT2D eigenvalue weighted by Gasteiger charge is 2.27. The first-order valence-electron chi connectivity index (χ1n) is 13.3. The molecule has 0 aliphatic carbocycles. The third-order valence-corrected chi connectivity index (χ3v) is 11.0. The monoisotopic (exact) mass is 557 g/mol. The third kappa shape index (κ3) is 6.11. The summed E-state index contributed by atoms with van der Waals surface area (Å²) in [5.41, 5.74) is 3.19. The van der Waals surface area contributed by atoms with Gasteiger partial charge in [0.05, 0.1) is 26.7 Å². The predicted molar refractivity (Wildman–Crippen MR) is 168 cm³/mol. The highest BCUT2D eigenvalue weighted by Crippen LogP contribution is 2.38. The van der Waals surface area contributed by atoms with Gasteiger partial charge in [-0.3, -0.25) is 0 Å². The molecule has 0 unspecified atom stereocenters. The number of hydrogen-bond donors (Lipinski definition) is 0. The van der Waals surface area contributed by atoms with Gasteiger partial charge in [-0.2, -0.15) is 0 Å². The molecule has 196 valence electrons. The molecule has 0 amide bonds. The van der Waals surface area contributed by atoms with E-state index in [2.05, 4.69) is 138 Å². The largest absolute Gasteiger partial charge is 0.343 e. The van der Waals surface area contributed by atoms with E-state index >= 15 is 0 Å². The molecule has 6 rings (SSSR count). The Balaban J connectivity index is 1.43. The zero-order chi connectivity index (χ0) is 27.0. The number of hydrogen-bond acceptors (Lipinski definition) is 3. The van der Waals surface area contributed by atoms with Gasteiger partial charge in [-0.15, -0.1) is 5.10 Å². The summed E-state index contributed by atoms with van der Waals surface area (Å²) < 4.78 is 8.86. The van der Waals surface area contributed by atoms with Crippen molar-refractivity contribution in [2.45, 2.75) is 13.2 Å². The maximum absolute atomic E-state index is 6.79. The van der Waals surface area contributed by atoms with Crippen LogP contribution in [0.25, 0.3) is 0 Å². The highest BCUT2D eigenvalue weighted by atomic mass is 31.1. The van der Waals surface area contributed by atoms with Gasteiger partial charge >= 0.3 is 0 Å². The lowest BCUT2D eigenvalue weighted by atomic mass is 10.2. The fraction of sp³-hybridized carbons (Fsp3) is 0.0588. The summed E-state index contributed by atoms with van der Waals surface area (Å²) >= 11 is 0. The van der Waals surface area contributed by atoms with Crippen LogP contribution in [0.4, 0.5) is 0 Å². The van der Waals surface area contributed by atoms with Crippen LogP contribution in [0, 0.1) is 0 Å². The van der Waals surface area contributed by atoms with Crippen molar-refractivity contribution in [1.29, 1.82) is 0 Å². The first-order valence-corrected chi connectivity index (χ1v) is 15.9. The van der Waals surface area contributed by atoms with Gasteiger partial charge in [0, 0.05) is 18.5 Å². The van der Waals surface area contributed by atoms with Gasteiger partial charge in [-0.05, 0) is 16.2 Å². The van der Waals surface area contributed by atoms with E-state index in [4.69, 9.17) is 14.8 Å². The molecule has 40 heavy (non-hydrogen) atoms. The Hall–Kier alpha value is -3.94. The van der Waals surface area contributed by atoms with Crippen LogP contribution in [0.15, 0.2) is 152 Å². The van der Waals surface area contributed by atoms with Crippen LogP contribution >= 0.6 is 16.1 Å². The van der Waals surface area contributed by atoms with Gasteiger partial charge < -0.3 is 4.52 Å². The summed E-state index contributed by atoms with van der Waals surface area (Å²) in [5, 5.41) is 14.3. The van der Waals surface area contributed by atoms with Crippen LogP contribution in [0.3, 0.4) is 0 Å². The quantitative estimate of drug-likeness (QED) is 0.205. The van der Waals surface area contributed by atoms with E-state index in [1.54, 1.807) is 0 Å². The van der Waals surface area contributed by atoms with Gasteiger partial charge in [-0.1, -0.05) is 157 Å². The van der Waals surface area contributed by atoms with Crippen molar-refractivity contribution in [3.05, 3.63) is 163 Å². The molecule has 0 saturated heterocycles. The molecule has 0 aliphatic rings. The fourth-order valence-electron chi connectivity index (χ4n) is 4.64. The smallest absolute Gasteiger partial charge is 0.117 e. The summed E-state index contributed by atoms with van der Waals surface area (Å²) in [6.45, 7) is 1.02. The number of aromatic nitrogens is 3. The van der Waals surface area contributed by atoms with Crippen molar-refractivity contribution in [2.75, 3.05) is 0 Å². The number of benzene rings is 5. The standard InChI is InChI=1S/C34H29N3OP2/c1-6-16-28(17-7-1)26-37-34(39(29-18-8-2-9-19-29)30-20-10-3-11-21-30)33(35-36-37)27-38-40(31-22-12-4-13-23-31)32-24-14-5-15-25-32/h1-25H,26-27H2. The molecule has 0 N–H and O–H groups in total. The van der Waals surface area contributed by atoms with Crippen LogP contribution < -0.4 is 26.7 Å². The van der Waals surface area contributed by atoms with E-state index in [0.29, 0.717) is 13.2 Å². The molecule has 0 aliphatic heterocycles. The molecule has 5 aromatic carbocycles. The van der Waals surface area contributed by atoms with Gasteiger partial charge in [-0.25, -0.2) is 4.68 Å². The van der Waals surface area contributed by atoms with Crippen molar-refractivity contribution < 1.29 is 4.52 Å². The maximum Gasteiger partial charge on any atom is 0.117 e. The van der Waals surface area contributed by atoms with E-state index in [-0.39, 0.29) is 0 Å². The molecule has 0 fully saturated rings. The molecule has 0 radical (unpaired) electrons. The molecule has 1 heterocycles. The molecular formula is C34H29N3OP2. The number of rotatable bonds is 10.